The summed E-state index contributed by atoms with van der Waals surface area (Å²) in [5, 5.41) is 2.29. The minimum absolute atomic E-state index is 0.0671. The number of rotatable bonds is 11. The lowest BCUT2D eigenvalue weighted by atomic mass is 9.79. The van der Waals surface area contributed by atoms with E-state index in [-0.39, 0.29) is 5.41 Å². The predicted octanol–water partition coefficient (Wildman–Crippen LogP) is 15.8. The molecule has 0 spiro atoms. The van der Waals surface area contributed by atoms with Crippen molar-refractivity contribution in [3.63, 3.8) is 0 Å². The molecule has 0 saturated carbocycles. The number of imidazole rings is 1. The first-order valence-electron chi connectivity index (χ1n) is 24.0. The highest BCUT2D eigenvalue weighted by Crippen LogP contribution is 2.39. The number of aromatic nitrogens is 4. The molecule has 0 aliphatic rings. The molecule has 3 heterocycles. The van der Waals surface area contributed by atoms with Gasteiger partial charge < -0.3 is 4.74 Å². The maximum Gasteiger partial charge on any atom is 0.269 e. The average Bonchev–Trinajstić information content (AvgIpc) is 3.96. The number of aryl methyl sites for hydroxylation is 1. The van der Waals surface area contributed by atoms with Gasteiger partial charge in [-0.1, -0.05) is 184 Å². The largest absolute Gasteiger partial charge is 0.458 e. The van der Waals surface area contributed by atoms with Gasteiger partial charge in [-0.2, -0.15) is 0 Å². The van der Waals surface area contributed by atoms with Crippen LogP contribution < -0.4 is 9.30 Å². The van der Waals surface area contributed by atoms with E-state index in [1.807, 2.05) is 12.3 Å². The van der Waals surface area contributed by atoms with Crippen LogP contribution >= 0.6 is 0 Å². The molecule has 0 radical (unpaired) electrons. The Balaban J connectivity index is 0.963. The summed E-state index contributed by atoms with van der Waals surface area (Å²) in [5.74, 6) is 2.32. The van der Waals surface area contributed by atoms with Gasteiger partial charge in [0.2, 0.25) is 0 Å². The lowest BCUT2D eigenvalue weighted by Crippen LogP contribution is -2.32. The van der Waals surface area contributed by atoms with E-state index in [1.54, 1.807) is 0 Å². The Labute approximate surface area is 408 Å². The van der Waals surface area contributed by atoms with Crippen molar-refractivity contribution in [2.75, 3.05) is 0 Å². The summed E-state index contributed by atoms with van der Waals surface area (Å²) in [6.45, 7) is 6.81. The van der Waals surface area contributed by atoms with Crippen LogP contribution in [0.5, 0.6) is 11.5 Å². The molecule has 336 valence electrons. The first kappa shape index (κ1) is 42.5. The molecule has 0 saturated heterocycles. The summed E-state index contributed by atoms with van der Waals surface area (Å²) in [5.41, 5.74) is 16.8. The van der Waals surface area contributed by atoms with Crippen LogP contribution in [-0.2, 0) is 11.8 Å². The van der Waals surface area contributed by atoms with Crippen LogP contribution in [0.4, 0.5) is 0 Å². The number of nitrogens with zero attached hydrogens (tertiary/aromatic N) is 4. The molecule has 0 aliphatic carbocycles. The summed E-state index contributed by atoms with van der Waals surface area (Å²) in [7, 11) is 0. The quantitative estimate of drug-likeness (QED) is 0.0958. The molecule has 0 unspecified atom stereocenters. The van der Waals surface area contributed by atoms with Crippen molar-refractivity contribution < 1.29 is 9.30 Å². The zero-order valence-electron chi connectivity index (χ0n) is 39.4. The lowest BCUT2D eigenvalue weighted by molar-refractivity contribution is -0.571. The van der Waals surface area contributed by atoms with Crippen molar-refractivity contribution in [2.24, 2.45) is 0 Å². The van der Waals surface area contributed by atoms with Gasteiger partial charge in [-0.15, -0.1) is 0 Å². The second-order valence-corrected chi connectivity index (χ2v) is 18.8. The molecule has 0 fully saturated rings. The average molecular weight is 903 g/mol. The topological polar surface area (TPSA) is 35.9 Å². The molecule has 5 heteroatoms. The fourth-order valence-electron chi connectivity index (χ4n) is 10.3. The number of para-hydroxylation sites is 2. The number of hydrogen-bond donors (Lipinski definition) is 0. The number of hydrogen-bond acceptors (Lipinski definition) is 2. The third-order valence-corrected chi connectivity index (χ3v) is 13.7. The van der Waals surface area contributed by atoms with Crippen molar-refractivity contribution in [1.82, 2.24) is 14.1 Å². The highest BCUT2D eigenvalue weighted by Gasteiger charge is 2.24. The summed E-state index contributed by atoms with van der Waals surface area (Å²) in [4.78, 5) is 5.04. The molecule has 0 bridgehead atoms. The molecule has 12 rings (SSSR count). The molecule has 3 aromatic heterocycles. The van der Waals surface area contributed by atoms with Gasteiger partial charge in [-0.05, 0) is 123 Å². The summed E-state index contributed by atoms with van der Waals surface area (Å²) >= 11 is 0. The number of pyridine rings is 1. The van der Waals surface area contributed by atoms with E-state index in [0.29, 0.717) is 0 Å². The zero-order valence-corrected chi connectivity index (χ0v) is 39.4. The normalized spacial score (nSPS) is 11.7. The number of benzene rings is 9. The Morgan fingerprint density at radius 3 is 1.87 bits per heavy atom. The highest BCUT2D eigenvalue weighted by atomic mass is 16.5. The van der Waals surface area contributed by atoms with Gasteiger partial charge >= 0.3 is 0 Å². The first-order valence-corrected chi connectivity index (χ1v) is 24.0. The third kappa shape index (κ3) is 7.81. The number of ether oxygens (including phenoxy) is 1. The van der Waals surface area contributed by atoms with E-state index in [4.69, 9.17) is 9.72 Å². The summed E-state index contributed by atoms with van der Waals surface area (Å²) < 4.78 is 13.6. The van der Waals surface area contributed by atoms with Crippen LogP contribution in [0.1, 0.15) is 30.5 Å². The van der Waals surface area contributed by atoms with Gasteiger partial charge in [-0.25, -0.2) is 4.98 Å². The highest BCUT2D eigenvalue weighted by molar-refractivity contribution is 6.10. The second-order valence-electron chi connectivity index (χ2n) is 18.8. The van der Waals surface area contributed by atoms with Crippen molar-refractivity contribution in [3.8, 4) is 62.1 Å². The van der Waals surface area contributed by atoms with E-state index in [0.717, 1.165) is 95.8 Å². The molecule has 12 aromatic rings. The van der Waals surface area contributed by atoms with Gasteiger partial charge in [0, 0.05) is 23.0 Å². The Morgan fingerprint density at radius 2 is 1.16 bits per heavy atom. The molecule has 70 heavy (non-hydrogen) atoms. The fourth-order valence-corrected chi connectivity index (χ4v) is 10.3. The van der Waals surface area contributed by atoms with E-state index >= 15 is 0 Å². The summed E-state index contributed by atoms with van der Waals surface area (Å²) in [6, 6.07) is 81.6. The van der Waals surface area contributed by atoms with Crippen LogP contribution in [0, 0.1) is 13.3 Å². The second kappa shape index (κ2) is 17.7. The van der Waals surface area contributed by atoms with Crippen LogP contribution in [-0.4, -0.2) is 14.1 Å². The lowest BCUT2D eigenvalue weighted by Gasteiger charge is -2.25. The predicted molar refractivity (Wildman–Crippen MR) is 287 cm³/mol. The Kier molecular flexibility index (Phi) is 10.8. The van der Waals surface area contributed by atoms with Gasteiger partial charge in [0.05, 0.1) is 33.4 Å². The smallest absolute Gasteiger partial charge is 0.269 e. The molecule has 0 aliphatic heterocycles. The zero-order chi connectivity index (χ0) is 47.2. The third-order valence-electron chi connectivity index (χ3n) is 13.7. The monoisotopic (exact) mass is 902 g/mol. The Bertz CT molecular complexity index is 3800. The first-order chi connectivity index (χ1) is 34.4. The van der Waals surface area contributed by atoms with E-state index in [9.17, 15) is 0 Å². The van der Waals surface area contributed by atoms with E-state index in [1.165, 1.54) is 22.3 Å². The van der Waals surface area contributed by atoms with Crippen LogP contribution in [0.2, 0.25) is 0 Å². The van der Waals surface area contributed by atoms with Crippen LogP contribution in [0.15, 0.2) is 237 Å². The van der Waals surface area contributed by atoms with Crippen LogP contribution in [0.3, 0.4) is 0 Å². The van der Waals surface area contributed by atoms with Crippen molar-refractivity contribution >= 4 is 32.8 Å². The number of fused-ring (bicyclic) bond motifs is 4. The van der Waals surface area contributed by atoms with E-state index < -0.39 is 0 Å². The Hall–Kier alpha value is -8.80. The minimum Gasteiger partial charge on any atom is -0.458 e. The van der Waals surface area contributed by atoms with Crippen molar-refractivity contribution in [2.45, 2.75) is 32.6 Å². The van der Waals surface area contributed by atoms with Crippen molar-refractivity contribution in [1.29, 1.82) is 0 Å². The standard InChI is InChI=1S/C65H50N4O/c1-45-19-16-32-60-63(45)68(64-55(48-22-10-5-11-23-48)30-18-31-56(64)49-24-12-6-13-25-49)44-67(60)52-28-17-29-53(41-52)70-54-34-35-57-58-40-50(47-20-8-4-9-21-47)33-36-59(58)69(61(57)42-54)62-39-46(37-38-66-62)43-65(2,3)51-26-14-7-15-27-51/h4-42H,43H2,1-3H3. The molecule has 0 amide bonds. The van der Waals surface area contributed by atoms with Gasteiger partial charge in [0.15, 0.2) is 0 Å². The molecular formula is C65H50N4O. The SMILES string of the molecule is Cc1cccc2c1[n+](-c1c(-c3ccccc3)cccc1-c1ccccc1)[c-]n2-c1cccc(Oc2ccc3c4cc(-c5ccccc5)ccc4n(-c4cc(CC(C)(C)c5ccccc5)ccn4)c3c2)c1. The maximum atomic E-state index is 6.88. The maximum absolute atomic E-state index is 6.88. The molecule has 0 atom stereocenters. The molecular weight excluding hydrogens is 853 g/mol. The van der Waals surface area contributed by atoms with Gasteiger partial charge in [-0.3, -0.25) is 13.7 Å². The van der Waals surface area contributed by atoms with Gasteiger partial charge in [0.1, 0.15) is 17.3 Å². The minimum atomic E-state index is -0.0671. The fraction of sp³-hybridized carbons (Fsp3) is 0.0769. The van der Waals surface area contributed by atoms with Crippen LogP contribution in [0.25, 0.3) is 83.4 Å². The van der Waals surface area contributed by atoms with E-state index in [2.05, 4.69) is 265 Å². The Morgan fingerprint density at radius 1 is 0.514 bits per heavy atom. The molecule has 5 nitrogen and oxygen atoms in total. The van der Waals surface area contributed by atoms with Gasteiger partial charge in [0.25, 0.3) is 6.33 Å². The summed E-state index contributed by atoms with van der Waals surface area (Å²) in [6.07, 6.45) is 6.67. The van der Waals surface area contributed by atoms with Crippen molar-refractivity contribution in [3.05, 3.63) is 260 Å². The molecule has 9 aromatic carbocycles. The molecule has 0 N–H and O–H groups in total.